The van der Waals surface area contributed by atoms with Gasteiger partial charge in [-0.25, -0.2) is 0 Å². The molecule has 0 N–H and O–H groups in total. The molecule has 0 aromatic heterocycles. The van der Waals surface area contributed by atoms with Gasteiger partial charge in [-0.05, 0) is 50.8 Å². The summed E-state index contributed by atoms with van der Waals surface area (Å²) in [5, 5.41) is 1.01. The van der Waals surface area contributed by atoms with Crippen LogP contribution in [0, 0.1) is 5.92 Å². The zero-order valence-corrected chi connectivity index (χ0v) is 17.8. The number of ether oxygens (including phenoxy) is 2. The number of fused-ring (bicyclic) bond motifs is 2. The third kappa shape index (κ3) is 4.47. The summed E-state index contributed by atoms with van der Waals surface area (Å²) in [5.74, 6) is -0.616. The molecule has 2 aliphatic rings. The van der Waals surface area contributed by atoms with Crippen LogP contribution in [0.4, 0.5) is 0 Å². The lowest BCUT2D eigenvalue weighted by Crippen LogP contribution is -2.51. The van der Waals surface area contributed by atoms with Gasteiger partial charge in [0.25, 0.3) is 0 Å². The third-order valence-electron chi connectivity index (χ3n) is 5.87. The average molecular weight is 428 g/mol. The fourth-order valence-corrected chi connectivity index (χ4v) is 5.07. The first-order valence-electron chi connectivity index (χ1n) is 9.99. The predicted octanol–water partition coefficient (Wildman–Crippen LogP) is 4.45. The van der Waals surface area contributed by atoms with Crippen molar-refractivity contribution in [1.82, 2.24) is 4.90 Å². The summed E-state index contributed by atoms with van der Waals surface area (Å²) in [6.07, 6.45) is 3.12. The minimum absolute atomic E-state index is 0.0326. The van der Waals surface area contributed by atoms with Gasteiger partial charge in [0.2, 0.25) is 0 Å². The van der Waals surface area contributed by atoms with Crippen LogP contribution in [0.2, 0.25) is 10.0 Å². The van der Waals surface area contributed by atoms with Crippen LogP contribution >= 0.6 is 23.2 Å². The van der Waals surface area contributed by atoms with Gasteiger partial charge in [-0.2, -0.15) is 0 Å². The van der Waals surface area contributed by atoms with Gasteiger partial charge in [-0.1, -0.05) is 29.3 Å². The summed E-state index contributed by atoms with van der Waals surface area (Å²) in [4.78, 5) is 27.0. The van der Waals surface area contributed by atoms with E-state index in [1.807, 2.05) is 19.1 Å². The second kappa shape index (κ2) is 9.47. The zero-order valence-electron chi connectivity index (χ0n) is 16.3. The van der Waals surface area contributed by atoms with E-state index in [1.165, 1.54) is 0 Å². The summed E-state index contributed by atoms with van der Waals surface area (Å²) < 4.78 is 10.5. The Morgan fingerprint density at radius 2 is 1.86 bits per heavy atom. The van der Waals surface area contributed by atoms with Gasteiger partial charge in [0.15, 0.2) is 0 Å². The first-order valence-corrected chi connectivity index (χ1v) is 10.7. The molecule has 7 heteroatoms. The third-order valence-corrected chi connectivity index (χ3v) is 6.61. The zero-order chi connectivity index (χ0) is 20.3. The van der Waals surface area contributed by atoms with Crippen LogP contribution in [0.5, 0.6) is 0 Å². The Morgan fingerprint density at radius 1 is 1.11 bits per heavy atom. The molecule has 0 unspecified atom stereocenters. The molecule has 0 saturated carbocycles. The lowest BCUT2D eigenvalue weighted by atomic mass is 9.76. The summed E-state index contributed by atoms with van der Waals surface area (Å²) in [6, 6.07) is 6.01. The van der Waals surface area contributed by atoms with Crippen LogP contribution in [-0.2, 0) is 19.1 Å². The lowest BCUT2D eigenvalue weighted by Gasteiger charge is -2.43. The number of piperidine rings is 1. The fraction of sp³-hybridized carbons (Fsp3) is 0.619. The van der Waals surface area contributed by atoms with Gasteiger partial charge in [-0.15, -0.1) is 0 Å². The molecule has 1 aromatic rings. The second-order valence-corrected chi connectivity index (χ2v) is 8.20. The van der Waals surface area contributed by atoms with Crippen LogP contribution in [0.25, 0.3) is 0 Å². The minimum atomic E-state index is -0.280. The molecule has 1 aromatic carbocycles. The smallest absolute Gasteiger partial charge is 0.311 e. The number of esters is 2. The normalized spacial score (nSPS) is 26.9. The highest BCUT2D eigenvalue weighted by Crippen LogP contribution is 2.48. The first kappa shape index (κ1) is 21.4. The topological polar surface area (TPSA) is 55.8 Å². The summed E-state index contributed by atoms with van der Waals surface area (Å²) in [6.45, 7) is 4.98. The van der Waals surface area contributed by atoms with E-state index >= 15 is 0 Å². The number of hydrogen-bond donors (Lipinski definition) is 0. The largest absolute Gasteiger partial charge is 0.466 e. The Labute approximate surface area is 176 Å². The molecule has 0 aliphatic carbocycles. The van der Waals surface area contributed by atoms with E-state index in [0.717, 1.165) is 24.8 Å². The van der Waals surface area contributed by atoms with Gasteiger partial charge in [0, 0.05) is 24.5 Å². The van der Waals surface area contributed by atoms with Crippen LogP contribution < -0.4 is 0 Å². The van der Waals surface area contributed by atoms with Gasteiger partial charge in [-0.3, -0.25) is 14.5 Å². The standard InChI is InChI=1S/C21H27Cl2NO4/c1-3-27-19(25)9-10-24-14-6-8-18(24)20(21(26)28-4-2)15(12-14)13-5-7-16(22)17(23)11-13/h5,7,11,14-15,18,20H,3-4,6,8-10,12H2,1-2H3/t14-,15+,18+,20+/m0/s1. The van der Waals surface area contributed by atoms with E-state index in [4.69, 9.17) is 32.7 Å². The molecule has 2 bridgehead atoms. The highest BCUT2D eigenvalue weighted by atomic mass is 35.5. The van der Waals surface area contributed by atoms with Crippen LogP contribution in [0.1, 0.15) is 51.0 Å². The number of halogens is 2. The number of carbonyl (C=O) groups excluding carboxylic acids is 2. The maximum atomic E-state index is 12.9. The van der Waals surface area contributed by atoms with Crippen molar-refractivity contribution in [1.29, 1.82) is 0 Å². The van der Waals surface area contributed by atoms with Crippen molar-refractivity contribution in [3.05, 3.63) is 33.8 Å². The highest BCUT2D eigenvalue weighted by molar-refractivity contribution is 6.42. The number of nitrogens with zero attached hydrogens (tertiary/aromatic N) is 1. The summed E-state index contributed by atoms with van der Waals surface area (Å²) >= 11 is 12.3. The van der Waals surface area contributed by atoms with E-state index < -0.39 is 0 Å². The Morgan fingerprint density at radius 3 is 2.54 bits per heavy atom. The molecule has 2 saturated heterocycles. The van der Waals surface area contributed by atoms with Crippen molar-refractivity contribution >= 4 is 35.1 Å². The average Bonchev–Trinajstić information content (AvgIpc) is 2.93. The number of rotatable bonds is 7. The Hall–Kier alpha value is -1.30. The molecular formula is C21H27Cl2NO4. The number of benzene rings is 1. The highest BCUT2D eigenvalue weighted by Gasteiger charge is 2.51. The molecule has 154 valence electrons. The van der Waals surface area contributed by atoms with E-state index in [2.05, 4.69) is 4.90 Å². The molecule has 0 amide bonds. The molecule has 3 rings (SSSR count). The number of carbonyl (C=O) groups is 2. The summed E-state index contributed by atoms with van der Waals surface area (Å²) in [5.41, 5.74) is 1.02. The first-order chi connectivity index (χ1) is 13.5. The fourth-order valence-electron chi connectivity index (χ4n) is 4.76. The SMILES string of the molecule is CCOC(=O)CCN1[C@H]2CC[C@@H]1[C@H](C(=O)OCC)[C@@H](c1ccc(Cl)c(Cl)c1)C2. The van der Waals surface area contributed by atoms with Gasteiger partial charge < -0.3 is 9.47 Å². The van der Waals surface area contributed by atoms with Crippen LogP contribution in [0.15, 0.2) is 18.2 Å². The van der Waals surface area contributed by atoms with E-state index in [1.54, 1.807) is 13.0 Å². The Kier molecular flexibility index (Phi) is 7.24. The predicted molar refractivity (Wildman–Crippen MR) is 109 cm³/mol. The van der Waals surface area contributed by atoms with Crippen molar-refractivity contribution in [2.45, 2.75) is 57.5 Å². The Bertz CT molecular complexity index is 726. The van der Waals surface area contributed by atoms with Crippen LogP contribution in [-0.4, -0.2) is 48.7 Å². The molecule has 4 atom stereocenters. The second-order valence-electron chi connectivity index (χ2n) is 7.38. The van der Waals surface area contributed by atoms with Crippen LogP contribution in [0.3, 0.4) is 0 Å². The van der Waals surface area contributed by atoms with E-state index in [9.17, 15) is 9.59 Å². The van der Waals surface area contributed by atoms with Gasteiger partial charge in [0.05, 0.1) is 35.6 Å². The quantitative estimate of drug-likeness (QED) is 0.601. The maximum Gasteiger partial charge on any atom is 0.311 e. The molecular weight excluding hydrogens is 401 g/mol. The van der Waals surface area contributed by atoms with E-state index in [0.29, 0.717) is 42.3 Å². The summed E-state index contributed by atoms with van der Waals surface area (Å²) in [7, 11) is 0. The minimum Gasteiger partial charge on any atom is -0.466 e. The maximum absolute atomic E-state index is 12.9. The van der Waals surface area contributed by atoms with Crippen molar-refractivity contribution < 1.29 is 19.1 Å². The number of hydrogen-bond acceptors (Lipinski definition) is 5. The van der Waals surface area contributed by atoms with Gasteiger partial charge >= 0.3 is 11.9 Å². The van der Waals surface area contributed by atoms with Crippen molar-refractivity contribution in [3.8, 4) is 0 Å². The molecule has 28 heavy (non-hydrogen) atoms. The molecule has 2 aliphatic heterocycles. The van der Waals surface area contributed by atoms with Crippen molar-refractivity contribution in [2.24, 2.45) is 5.92 Å². The van der Waals surface area contributed by atoms with Crippen molar-refractivity contribution in [3.63, 3.8) is 0 Å². The van der Waals surface area contributed by atoms with E-state index in [-0.39, 0.29) is 29.8 Å². The molecule has 2 fully saturated rings. The molecule has 0 radical (unpaired) electrons. The molecule has 0 spiro atoms. The van der Waals surface area contributed by atoms with Crippen molar-refractivity contribution in [2.75, 3.05) is 19.8 Å². The molecule has 5 nitrogen and oxygen atoms in total. The lowest BCUT2D eigenvalue weighted by molar-refractivity contribution is -0.153. The monoisotopic (exact) mass is 427 g/mol. The Balaban J connectivity index is 1.84. The molecule has 2 heterocycles. The van der Waals surface area contributed by atoms with Gasteiger partial charge in [0.1, 0.15) is 0 Å².